The lowest BCUT2D eigenvalue weighted by Crippen LogP contribution is -1.85. The summed E-state index contributed by atoms with van der Waals surface area (Å²) in [5, 5.41) is 19.4. The summed E-state index contributed by atoms with van der Waals surface area (Å²) in [6.45, 7) is 0. The van der Waals surface area contributed by atoms with Gasteiger partial charge in [0.15, 0.2) is 5.82 Å². The largest absolute Gasteiger partial charge is 0.507 e. The summed E-state index contributed by atoms with van der Waals surface area (Å²) < 4.78 is 0. The van der Waals surface area contributed by atoms with E-state index in [0.717, 1.165) is 22.0 Å². The number of aromatic hydroxyl groups is 1. The van der Waals surface area contributed by atoms with Gasteiger partial charge in [-0.1, -0.05) is 60.7 Å². The number of aromatic amines is 1. The van der Waals surface area contributed by atoms with Crippen LogP contribution in [-0.2, 0) is 0 Å². The number of phenols is 1. The van der Waals surface area contributed by atoms with Crippen LogP contribution in [0.2, 0.25) is 0 Å². The molecule has 4 nitrogen and oxygen atoms in total. The number of aliphatic imine (C=N–C) groups is 1. The van der Waals surface area contributed by atoms with E-state index >= 15 is 0 Å². The number of fused-ring (bicyclic) bond motifs is 1. The van der Waals surface area contributed by atoms with Gasteiger partial charge in [0.1, 0.15) is 5.75 Å². The normalized spacial score (nSPS) is 11.3. The Morgan fingerprint density at radius 2 is 1.71 bits per heavy atom. The summed E-state index contributed by atoms with van der Waals surface area (Å²) in [7, 11) is 0. The van der Waals surface area contributed by atoms with E-state index in [-0.39, 0.29) is 5.75 Å². The van der Waals surface area contributed by atoms with Gasteiger partial charge in [-0.2, -0.15) is 5.10 Å². The Labute approximate surface area is 139 Å². The third kappa shape index (κ3) is 2.65. The van der Waals surface area contributed by atoms with Crippen molar-refractivity contribution in [3.63, 3.8) is 0 Å². The minimum Gasteiger partial charge on any atom is -0.507 e. The quantitative estimate of drug-likeness (QED) is 0.539. The van der Waals surface area contributed by atoms with Crippen LogP contribution in [0.25, 0.3) is 22.0 Å². The SMILES string of the molecule is Oc1ccc2ccccc2c1C=Nc1cc(-c2ccccc2)[nH]n1. The second-order valence-electron chi connectivity index (χ2n) is 5.48. The molecule has 0 saturated carbocycles. The maximum Gasteiger partial charge on any atom is 0.174 e. The van der Waals surface area contributed by atoms with Crippen LogP contribution >= 0.6 is 0 Å². The van der Waals surface area contributed by atoms with Crippen LogP contribution in [0.5, 0.6) is 5.75 Å². The van der Waals surface area contributed by atoms with E-state index in [1.807, 2.05) is 66.7 Å². The summed E-state index contributed by atoms with van der Waals surface area (Å²) in [5.74, 6) is 0.775. The predicted molar refractivity (Wildman–Crippen MR) is 96.9 cm³/mol. The molecule has 2 N–H and O–H groups in total. The van der Waals surface area contributed by atoms with Gasteiger partial charge in [0.2, 0.25) is 0 Å². The molecule has 0 radical (unpaired) electrons. The van der Waals surface area contributed by atoms with Crippen molar-refractivity contribution in [3.05, 3.63) is 78.4 Å². The van der Waals surface area contributed by atoms with Crippen molar-refractivity contribution in [2.24, 2.45) is 4.99 Å². The smallest absolute Gasteiger partial charge is 0.174 e. The highest BCUT2D eigenvalue weighted by molar-refractivity contribution is 6.02. The van der Waals surface area contributed by atoms with Gasteiger partial charge in [-0.15, -0.1) is 0 Å². The van der Waals surface area contributed by atoms with Crippen molar-refractivity contribution in [2.45, 2.75) is 0 Å². The van der Waals surface area contributed by atoms with Crippen LogP contribution in [0.15, 0.2) is 77.8 Å². The molecule has 4 rings (SSSR count). The molecule has 0 amide bonds. The molecule has 0 spiro atoms. The van der Waals surface area contributed by atoms with Crippen LogP contribution in [0.1, 0.15) is 5.56 Å². The fourth-order valence-electron chi connectivity index (χ4n) is 2.69. The van der Waals surface area contributed by atoms with Crippen LogP contribution < -0.4 is 0 Å². The van der Waals surface area contributed by atoms with Gasteiger partial charge in [-0.05, 0) is 22.4 Å². The molecule has 0 aliphatic heterocycles. The Kier molecular flexibility index (Phi) is 3.56. The number of H-pyrrole nitrogens is 1. The average Bonchev–Trinajstić information content (AvgIpc) is 3.11. The molecule has 0 fully saturated rings. The predicted octanol–water partition coefficient (Wildman–Crippen LogP) is 4.69. The summed E-state index contributed by atoms with van der Waals surface area (Å²) in [6.07, 6.45) is 1.66. The number of benzene rings is 3. The number of hydrogen-bond acceptors (Lipinski definition) is 3. The van der Waals surface area contributed by atoms with E-state index < -0.39 is 0 Å². The summed E-state index contributed by atoms with van der Waals surface area (Å²) in [4.78, 5) is 4.41. The first-order valence-electron chi connectivity index (χ1n) is 7.67. The van der Waals surface area contributed by atoms with Crippen LogP contribution in [-0.4, -0.2) is 21.5 Å². The van der Waals surface area contributed by atoms with Crippen molar-refractivity contribution < 1.29 is 5.11 Å². The number of rotatable bonds is 3. The van der Waals surface area contributed by atoms with E-state index in [9.17, 15) is 5.11 Å². The molecule has 3 aromatic carbocycles. The van der Waals surface area contributed by atoms with E-state index in [1.54, 1.807) is 12.3 Å². The molecule has 0 aliphatic rings. The van der Waals surface area contributed by atoms with Gasteiger partial charge in [0.05, 0.1) is 5.69 Å². The topological polar surface area (TPSA) is 61.3 Å². The molecule has 0 aliphatic carbocycles. The van der Waals surface area contributed by atoms with Gasteiger partial charge in [0, 0.05) is 17.8 Å². The number of hydrogen-bond donors (Lipinski definition) is 2. The van der Waals surface area contributed by atoms with Crippen molar-refractivity contribution in [1.82, 2.24) is 10.2 Å². The Morgan fingerprint density at radius 3 is 2.58 bits per heavy atom. The van der Waals surface area contributed by atoms with E-state index in [2.05, 4.69) is 15.2 Å². The van der Waals surface area contributed by atoms with E-state index in [1.165, 1.54) is 0 Å². The lowest BCUT2D eigenvalue weighted by atomic mass is 10.0. The molecule has 0 saturated heterocycles. The number of phenolic OH excluding ortho intramolecular Hbond substituents is 1. The first-order chi connectivity index (χ1) is 11.8. The highest BCUT2D eigenvalue weighted by Crippen LogP contribution is 2.26. The van der Waals surface area contributed by atoms with Gasteiger partial charge < -0.3 is 5.11 Å². The van der Waals surface area contributed by atoms with E-state index in [0.29, 0.717) is 11.4 Å². The van der Waals surface area contributed by atoms with Gasteiger partial charge in [-0.3, -0.25) is 5.10 Å². The second-order valence-corrected chi connectivity index (χ2v) is 5.48. The summed E-state index contributed by atoms with van der Waals surface area (Å²) in [6, 6.07) is 23.3. The lowest BCUT2D eigenvalue weighted by molar-refractivity contribution is 0.475. The van der Waals surface area contributed by atoms with Crippen molar-refractivity contribution in [3.8, 4) is 17.0 Å². The molecule has 1 heterocycles. The molecule has 0 bridgehead atoms. The Balaban J connectivity index is 1.69. The van der Waals surface area contributed by atoms with Crippen molar-refractivity contribution in [2.75, 3.05) is 0 Å². The third-order valence-electron chi connectivity index (χ3n) is 3.92. The van der Waals surface area contributed by atoms with Gasteiger partial charge in [0.25, 0.3) is 0 Å². The number of nitrogens with zero attached hydrogens (tertiary/aromatic N) is 2. The maximum absolute atomic E-state index is 10.2. The number of nitrogens with one attached hydrogen (secondary N) is 1. The third-order valence-corrected chi connectivity index (χ3v) is 3.92. The first-order valence-corrected chi connectivity index (χ1v) is 7.67. The van der Waals surface area contributed by atoms with Crippen LogP contribution in [0, 0.1) is 0 Å². The van der Waals surface area contributed by atoms with Crippen molar-refractivity contribution in [1.29, 1.82) is 0 Å². The fraction of sp³-hybridized carbons (Fsp3) is 0. The molecular weight excluding hydrogens is 298 g/mol. The van der Waals surface area contributed by atoms with Crippen LogP contribution in [0.3, 0.4) is 0 Å². The van der Waals surface area contributed by atoms with Gasteiger partial charge in [-0.25, -0.2) is 4.99 Å². The molecule has 1 aromatic heterocycles. The summed E-state index contributed by atoms with van der Waals surface area (Å²) in [5.41, 5.74) is 2.65. The highest BCUT2D eigenvalue weighted by Gasteiger charge is 2.05. The Hall–Kier alpha value is -3.40. The van der Waals surface area contributed by atoms with Crippen molar-refractivity contribution >= 4 is 22.8 Å². The zero-order valence-corrected chi connectivity index (χ0v) is 12.8. The minimum absolute atomic E-state index is 0.205. The highest BCUT2D eigenvalue weighted by atomic mass is 16.3. The maximum atomic E-state index is 10.2. The number of aromatic nitrogens is 2. The van der Waals surface area contributed by atoms with Gasteiger partial charge >= 0.3 is 0 Å². The zero-order chi connectivity index (χ0) is 16.4. The first kappa shape index (κ1) is 14.2. The lowest BCUT2D eigenvalue weighted by Gasteiger charge is -2.04. The second kappa shape index (κ2) is 6.01. The fourth-order valence-corrected chi connectivity index (χ4v) is 2.69. The molecule has 24 heavy (non-hydrogen) atoms. The molecule has 116 valence electrons. The average molecular weight is 313 g/mol. The molecular formula is C20H15N3O. The zero-order valence-electron chi connectivity index (χ0n) is 12.8. The van der Waals surface area contributed by atoms with Crippen LogP contribution in [0.4, 0.5) is 5.82 Å². The Morgan fingerprint density at radius 1 is 0.917 bits per heavy atom. The summed E-state index contributed by atoms with van der Waals surface area (Å²) >= 11 is 0. The molecule has 0 atom stereocenters. The molecule has 4 aromatic rings. The minimum atomic E-state index is 0.205. The Bertz CT molecular complexity index is 1020. The van der Waals surface area contributed by atoms with E-state index in [4.69, 9.17) is 0 Å². The molecule has 4 heteroatoms. The molecule has 0 unspecified atom stereocenters. The monoisotopic (exact) mass is 313 g/mol. The standard InChI is InChI=1S/C20H15N3O/c24-19-11-10-14-6-4-5-9-16(14)17(19)13-21-20-12-18(22-23-20)15-7-2-1-3-8-15/h1-13,24H,(H,22,23).